The van der Waals surface area contributed by atoms with Gasteiger partial charge in [0.05, 0.1) is 24.6 Å². The van der Waals surface area contributed by atoms with Crippen LogP contribution in [0, 0.1) is 23.6 Å². The number of hydrogen-bond donors (Lipinski definition) is 3. The summed E-state index contributed by atoms with van der Waals surface area (Å²) in [7, 11) is 0. The molecule has 13 heteroatoms. The highest BCUT2D eigenvalue weighted by Crippen LogP contribution is 2.42. The average Bonchev–Trinajstić information content (AvgIpc) is 2.72. The van der Waals surface area contributed by atoms with Crippen LogP contribution < -0.4 is 4.74 Å². The van der Waals surface area contributed by atoms with Gasteiger partial charge in [0.15, 0.2) is 11.6 Å². The molecule has 184 valence electrons. The quantitative estimate of drug-likeness (QED) is 0.236. The van der Waals surface area contributed by atoms with Gasteiger partial charge in [-0.25, -0.2) is 9.18 Å². The van der Waals surface area contributed by atoms with Gasteiger partial charge in [-0.3, -0.25) is 19.2 Å². The summed E-state index contributed by atoms with van der Waals surface area (Å²) in [5.74, 6) is -9.50. The van der Waals surface area contributed by atoms with Crippen molar-refractivity contribution in [3.8, 4) is 5.75 Å². The number of isocyanates is 1. The molecule has 2 rings (SSSR count). The number of aliphatic carboxylic acids is 3. The number of carbonyl (C=O) groups is 4. The molecule has 5 atom stereocenters. The number of benzene rings is 1. The van der Waals surface area contributed by atoms with E-state index in [1.54, 1.807) is 0 Å². The molecule has 1 aliphatic rings. The van der Waals surface area contributed by atoms with Crippen LogP contribution in [-0.2, 0) is 33.4 Å². The third-order valence-corrected chi connectivity index (χ3v) is 5.25. The molecule has 0 spiro atoms. The number of aliphatic imine (C=N–C) groups is 1. The van der Waals surface area contributed by atoms with Crippen LogP contribution in [0.1, 0.15) is 26.2 Å². The number of hydrogen-bond acceptors (Lipinski definition) is 9. The van der Waals surface area contributed by atoms with Crippen molar-refractivity contribution in [3.05, 3.63) is 24.0 Å². The Labute approximate surface area is 191 Å². The fraction of sp³-hybridized carbons (Fsp3) is 0.476. The van der Waals surface area contributed by atoms with Crippen molar-refractivity contribution < 1.29 is 57.9 Å². The second kappa shape index (κ2) is 11.9. The molecule has 1 fully saturated rings. The fourth-order valence-electron chi connectivity index (χ4n) is 3.91. The van der Waals surface area contributed by atoms with Crippen LogP contribution in [0.4, 0.5) is 10.1 Å². The Balaban J connectivity index is 2.52. The monoisotopic (exact) mass is 483 g/mol. The lowest BCUT2D eigenvalue weighted by Gasteiger charge is -2.45. The van der Waals surface area contributed by atoms with Gasteiger partial charge >= 0.3 is 23.9 Å². The number of carbonyl (C=O) groups excluding carboxylic acids is 2. The SMILES string of the molecule is CC(=O)OC[C@@H]1O[C@@H](Oc2cc(N=C=O)ccc2F)[C@H](CC(=O)O)[C@@H](CC(=O)O)[C@H]1CC(=O)O. The Morgan fingerprint density at radius 2 is 1.62 bits per heavy atom. The highest BCUT2D eigenvalue weighted by Gasteiger charge is 2.49. The molecule has 0 amide bonds. The molecule has 1 heterocycles. The largest absolute Gasteiger partial charge is 0.481 e. The summed E-state index contributed by atoms with van der Waals surface area (Å²) >= 11 is 0. The van der Waals surface area contributed by atoms with Crippen LogP contribution in [0.5, 0.6) is 5.75 Å². The summed E-state index contributed by atoms with van der Waals surface area (Å²) < 4.78 is 30.6. The fourth-order valence-corrected chi connectivity index (χ4v) is 3.91. The van der Waals surface area contributed by atoms with E-state index in [4.69, 9.17) is 14.2 Å². The van der Waals surface area contributed by atoms with E-state index in [0.29, 0.717) is 0 Å². The summed E-state index contributed by atoms with van der Waals surface area (Å²) in [5, 5.41) is 28.2. The first-order valence-electron chi connectivity index (χ1n) is 10.00. The van der Waals surface area contributed by atoms with Gasteiger partial charge in [-0.15, -0.1) is 0 Å². The minimum Gasteiger partial charge on any atom is -0.481 e. The van der Waals surface area contributed by atoms with Gasteiger partial charge in [0.2, 0.25) is 12.4 Å². The zero-order chi connectivity index (χ0) is 25.4. The smallest absolute Gasteiger partial charge is 0.303 e. The Morgan fingerprint density at radius 3 is 2.18 bits per heavy atom. The normalized spacial score (nSPS) is 23.9. The Morgan fingerprint density at radius 1 is 1.03 bits per heavy atom. The van der Waals surface area contributed by atoms with Gasteiger partial charge in [-0.2, -0.15) is 4.99 Å². The van der Waals surface area contributed by atoms with E-state index in [9.17, 15) is 43.7 Å². The highest BCUT2D eigenvalue weighted by atomic mass is 19.1. The first kappa shape index (κ1) is 26.4. The van der Waals surface area contributed by atoms with E-state index >= 15 is 0 Å². The molecule has 3 N–H and O–H groups in total. The lowest BCUT2D eigenvalue weighted by atomic mass is 9.71. The Bertz CT molecular complexity index is 991. The molecule has 0 aromatic heterocycles. The van der Waals surface area contributed by atoms with Crippen LogP contribution in [0.15, 0.2) is 23.2 Å². The highest BCUT2D eigenvalue weighted by molar-refractivity contribution is 5.70. The van der Waals surface area contributed by atoms with E-state index in [-0.39, 0.29) is 5.69 Å². The van der Waals surface area contributed by atoms with Crippen molar-refractivity contribution in [1.29, 1.82) is 0 Å². The summed E-state index contributed by atoms with van der Waals surface area (Å²) in [4.78, 5) is 59.8. The first-order chi connectivity index (χ1) is 16.0. The van der Waals surface area contributed by atoms with Gasteiger partial charge in [-0.1, -0.05) is 0 Å². The lowest BCUT2D eigenvalue weighted by Crippen LogP contribution is -2.53. The standard InChI is InChI=1S/C21H22FNO11/c1-10(25)32-8-17-13(6-19(28)29)12(5-18(26)27)14(7-20(30)31)21(34-17)33-16-4-11(23-9-24)2-3-15(16)22/h2-4,12-14,17,21H,5-8H2,1H3,(H,26,27)(H,28,29)(H,30,31)/t12-,13+,14+,17-,21+/m0/s1. The van der Waals surface area contributed by atoms with Crippen molar-refractivity contribution in [2.24, 2.45) is 22.7 Å². The summed E-state index contributed by atoms with van der Waals surface area (Å²) in [6.45, 7) is 0.625. The van der Waals surface area contributed by atoms with Crippen molar-refractivity contribution >= 4 is 35.6 Å². The second-order valence-electron chi connectivity index (χ2n) is 7.57. The molecular formula is C21H22FNO11. The van der Waals surface area contributed by atoms with Crippen molar-refractivity contribution in [2.45, 2.75) is 38.6 Å². The molecule has 1 aliphatic heterocycles. The summed E-state index contributed by atoms with van der Waals surface area (Å²) in [6.07, 6.45) is -3.42. The molecule has 34 heavy (non-hydrogen) atoms. The Hall–Kier alpha value is -3.83. The van der Waals surface area contributed by atoms with Crippen molar-refractivity contribution in [3.63, 3.8) is 0 Å². The molecule has 1 aromatic carbocycles. The van der Waals surface area contributed by atoms with Crippen LogP contribution in [0.3, 0.4) is 0 Å². The minimum absolute atomic E-state index is 0.0284. The zero-order valence-corrected chi connectivity index (χ0v) is 17.9. The van der Waals surface area contributed by atoms with Gasteiger partial charge in [0, 0.05) is 31.2 Å². The van der Waals surface area contributed by atoms with E-state index in [1.165, 1.54) is 6.08 Å². The Kier molecular flexibility index (Phi) is 9.22. The summed E-state index contributed by atoms with van der Waals surface area (Å²) in [6, 6.07) is 3.11. The van der Waals surface area contributed by atoms with Crippen LogP contribution >= 0.6 is 0 Å². The maximum absolute atomic E-state index is 14.4. The number of carboxylic acids is 3. The first-order valence-corrected chi connectivity index (χ1v) is 10.00. The van der Waals surface area contributed by atoms with E-state index in [0.717, 1.165) is 25.1 Å². The molecule has 0 saturated carbocycles. The second-order valence-corrected chi connectivity index (χ2v) is 7.57. The summed E-state index contributed by atoms with van der Waals surface area (Å²) in [5.41, 5.74) is -0.0284. The minimum atomic E-state index is -1.56. The molecule has 0 radical (unpaired) electrons. The van der Waals surface area contributed by atoms with E-state index < -0.39 is 91.5 Å². The van der Waals surface area contributed by atoms with E-state index in [2.05, 4.69) is 4.99 Å². The maximum atomic E-state index is 14.4. The van der Waals surface area contributed by atoms with Gasteiger partial charge in [-0.05, 0) is 18.1 Å². The predicted molar refractivity (Wildman–Crippen MR) is 107 cm³/mol. The molecule has 0 unspecified atom stereocenters. The van der Waals surface area contributed by atoms with Gasteiger partial charge in [0.1, 0.15) is 6.61 Å². The molecule has 12 nitrogen and oxygen atoms in total. The number of nitrogens with zero attached hydrogens (tertiary/aromatic N) is 1. The van der Waals surface area contributed by atoms with Crippen LogP contribution in [-0.4, -0.2) is 64.3 Å². The topological polar surface area (TPSA) is 186 Å². The van der Waals surface area contributed by atoms with Crippen molar-refractivity contribution in [1.82, 2.24) is 0 Å². The number of rotatable bonds is 11. The maximum Gasteiger partial charge on any atom is 0.303 e. The average molecular weight is 483 g/mol. The molecule has 0 bridgehead atoms. The van der Waals surface area contributed by atoms with Crippen LogP contribution in [0.2, 0.25) is 0 Å². The van der Waals surface area contributed by atoms with Gasteiger partial charge in [0.25, 0.3) is 0 Å². The zero-order valence-electron chi connectivity index (χ0n) is 17.9. The lowest BCUT2D eigenvalue weighted by molar-refractivity contribution is -0.237. The third-order valence-electron chi connectivity index (χ3n) is 5.25. The van der Waals surface area contributed by atoms with Crippen molar-refractivity contribution in [2.75, 3.05) is 6.61 Å². The van der Waals surface area contributed by atoms with Gasteiger partial charge < -0.3 is 29.5 Å². The number of carboxylic acid groups (broad SMARTS) is 3. The molecule has 1 saturated heterocycles. The third kappa shape index (κ3) is 7.36. The molecule has 1 aromatic rings. The van der Waals surface area contributed by atoms with Crippen LogP contribution in [0.25, 0.3) is 0 Å². The molecule has 0 aliphatic carbocycles. The number of esters is 1. The number of ether oxygens (including phenoxy) is 3. The van der Waals surface area contributed by atoms with E-state index in [1.807, 2.05) is 0 Å². The molecular weight excluding hydrogens is 461 g/mol. The predicted octanol–water partition coefficient (Wildman–Crippen LogP) is 1.73. The number of halogens is 1.